The van der Waals surface area contributed by atoms with Gasteiger partial charge < -0.3 is 5.11 Å². The second-order valence-electron chi connectivity index (χ2n) is 5.09. The Morgan fingerprint density at radius 3 is 2.70 bits per heavy atom. The minimum atomic E-state index is -1.21. The molecule has 1 aromatic heterocycles. The molecule has 1 amide bonds. The number of hydrogen-bond donors (Lipinski definition) is 2. The smallest absolute Gasteiger partial charge is 0.258 e. The number of amides is 1. The summed E-state index contributed by atoms with van der Waals surface area (Å²) in [6.45, 7) is 4.23. The van der Waals surface area contributed by atoms with E-state index in [4.69, 9.17) is 0 Å². The highest BCUT2D eigenvalue weighted by molar-refractivity contribution is 7.99. The molecule has 0 bridgehead atoms. The van der Waals surface area contributed by atoms with E-state index in [-0.39, 0.29) is 5.91 Å². The lowest BCUT2D eigenvalue weighted by atomic mass is 9.96. The standard InChI is InChI=1S/C14H22N2O2S2/c1-3-5-10-11(4-2)20-13(15-10)16-12(17)14(18)6-8-19-9-7-14/h18H,3-9H2,1-2H3,(H,15,16,17). The van der Waals surface area contributed by atoms with E-state index in [2.05, 4.69) is 24.1 Å². The van der Waals surface area contributed by atoms with E-state index in [0.29, 0.717) is 18.0 Å². The Bertz CT molecular complexity index is 468. The van der Waals surface area contributed by atoms with E-state index < -0.39 is 5.60 Å². The number of carbonyl (C=O) groups is 1. The summed E-state index contributed by atoms with van der Waals surface area (Å²) in [6, 6.07) is 0. The number of aromatic nitrogens is 1. The van der Waals surface area contributed by atoms with E-state index in [0.717, 1.165) is 36.5 Å². The lowest BCUT2D eigenvalue weighted by molar-refractivity contribution is -0.134. The maximum absolute atomic E-state index is 12.3. The molecule has 0 aliphatic carbocycles. The predicted octanol–water partition coefficient (Wildman–Crippen LogP) is 2.85. The number of carbonyl (C=O) groups excluding carboxylic acids is 1. The van der Waals surface area contributed by atoms with Crippen LogP contribution >= 0.6 is 23.1 Å². The summed E-state index contributed by atoms with van der Waals surface area (Å²) in [4.78, 5) is 18.0. The predicted molar refractivity (Wildman–Crippen MR) is 85.6 cm³/mol. The fraction of sp³-hybridized carbons (Fsp3) is 0.714. The normalized spacial score (nSPS) is 17.9. The van der Waals surface area contributed by atoms with Gasteiger partial charge in [0.05, 0.1) is 5.69 Å². The van der Waals surface area contributed by atoms with Gasteiger partial charge in [-0.1, -0.05) is 20.3 Å². The van der Waals surface area contributed by atoms with E-state index in [1.807, 2.05) is 0 Å². The number of hydrogen-bond acceptors (Lipinski definition) is 5. The van der Waals surface area contributed by atoms with Gasteiger partial charge in [-0.3, -0.25) is 10.1 Å². The number of aryl methyl sites for hydroxylation is 2. The molecule has 0 spiro atoms. The molecule has 2 N–H and O–H groups in total. The van der Waals surface area contributed by atoms with Crippen molar-refractivity contribution in [3.63, 3.8) is 0 Å². The Kier molecular flexibility index (Phi) is 5.46. The van der Waals surface area contributed by atoms with Crippen LogP contribution in [0.5, 0.6) is 0 Å². The van der Waals surface area contributed by atoms with Gasteiger partial charge >= 0.3 is 0 Å². The topological polar surface area (TPSA) is 62.2 Å². The van der Waals surface area contributed by atoms with Gasteiger partial charge in [0.2, 0.25) is 0 Å². The van der Waals surface area contributed by atoms with Crippen LogP contribution < -0.4 is 5.32 Å². The third-order valence-electron chi connectivity index (χ3n) is 3.55. The number of rotatable bonds is 5. The zero-order valence-electron chi connectivity index (χ0n) is 12.1. The fourth-order valence-electron chi connectivity index (χ4n) is 2.29. The molecule has 112 valence electrons. The van der Waals surface area contributed by atoms with E-state index >= 15 is 0 Å². The lowest BCUT2D eigenvalue weighted by Gasteiger charge is -2.29. The molecule has 0 unspecified atom stereocenters. The first-order valence-electron chi connectivity index (χ1n) is 7.19. The Morgan fingerprint density at radius 1 is 1.40 bits per heavy atom. The Balaban J connectivity index is 2.07. The van der Waals surface area contributed by atoms with Gasteiger partial charge in [0.25, 0.3) is 5.91 Å². The van der Waals surface area contributed by atoms with E-state index in [9.17, 15) is 9.90 Å². The first-order valence-corrected chi connectivity index (χ1v) is 9.16. The van der Waals surface area contributed by atoms with Crippen molar-refractivity contribution in [1.82, 2.24) is 4.98 Å². The Morgan fingerprint density at radius 2 is 2.10 bits per heavy atom. The summed E-state index contributed by atoms with van der Waals surface area (Å²) >= 11 is 3.32. The molecule has 1 aromatic rings. The molecule has 2 rings (SSSR count). The van der Waals surface area contributed by atoms with Crippen LogP contribution in [-0.2, 0) is 17.6 Å². The summed E-state index contributed by atoms with van der Waals surface area (Å²) in [5.74, 6) is 1.38. The highest BCUT2D eigenvalue weighted by Gasteiger charge is 2.37. The molecular formula is C14H22N2O2S2. The second-order valence-corrected chi connectivity index (χ2v) is 7.40. The van der Waals surface area contributed by atoms with E-state index in [1.165, 1.54) is 16.2 Å². The molecule has 0 aromatic carbocycles. The van der Waals surface area contributed by atoms with Crippen LogP contribution in [-0.4, -0.2) is 33.1 Å². The van der Waals surface area contributed by atoms with Crippen LogP contribution in [0, 0.1) is 0 Å². The number of thioether (sulfide) groups is 1. The van der Waals surface area contributed by atoms with E-state index in [1.54, 1.807) is 11.8 Å². The average Bonchev–Trinajstić information content (AvgIpc) is 2.82. The monoisotopic (exact) mass is 314 g/mol. The van der Waals surface area contributed by atoms with Crippen LogP contribution in [0.15, 0.2) is 0 Å². The third kappa shape index (κ3) is 3.54. The van der Waals surface area contributed by atoms with Crippen molar-refractivity contribution >= 4 is 34.1 Å². The third-order valence-corrected chi connectivity index (χ3v) is 5.69. The van der Waals surface area contributed by atoms with Crippen LogP contribution in [0.1, 0.15) is 43.7 Å². The van der Waals surface area contributed by atoms with Crippen molar-refractivity contribution in [2.45, 2.75) is 51.6 Å². The van der Waals surface area contributed by atoms with Gasteiger partial charge in [0.1, 0.15) is 5.60 Å². The summed E-state index contributed by atoms with van der Waals surface area (Å²) in [5, 5.41) is 13.8. The quantitative estimate of drug-likeness (QED) is 0.877. The Labute approximate surface area is 128 Å². The molecule has 2 heterocycles. The zero-order chi connectivity index (χ0) is 14.6. The minimum Gasteiger partial charge on any atom is -0.380 e. The molecule has 6 heteroatoms. The zero-order valence-corrected chi connectivity index (χ0v) is 13.7. The highest BCUT2D eigenvalue weighted by Crippen LogP contribution is 2.30. The number of nitrogens with zero attached hydrogens (tertiary/aromatic N) is 1. The summed E-state index contributed by atoms with van der Waals surface area (Å²) in [5.41, 5.74) is -0.129. The minimum absolute atomic E-state index is 0.294. The van der Waals surface area contributed by atoms with Gasteiger partial charge in [-0.15, -0.1) is 11.3 Å². The summed E-state index contributed by atoms with van der Waals surface area (Å²) < 4.78 is 0. The van der Waals surface area contributed by atoms with Crippen molar-refractivity contribution < 1.29 is 9.90 Å². The molecule has 1 aliphatic heterocycles. The molecular weight excluding hydrogens is 292 g/mol. The van der Waals surface area contributed by atoms with Crippen molar-refractivity contribution in [3.05, 3.63) is 10.6 Å². The average molecular weight is 314 g/mol. The maximum atomic E-state index is 12.3. The van der Waals surface area contributed by atoms with Gasteiger partial charge in [-0.05, 0) is 37.2 Å². The molecule has 1 saturated heterocycles. The molecule has 0 atom stereocenters. The van der Waals surface area contributed by atoms with Gasteiger partial charge in [0.15, 0.2) is 5.13 Å². The van der Waals surface area contributed by atoms with Gasteiger partial charge in [-0.2, -0.15) is 11.8 Å². The van der Waals surface area contributed by atoms with Crippen molar-refractivity contribution in [1.29, 1.82) is 0 Å². The van der Waals surface area contributed by atoms with Crippen LogP contribution in [0.4, 0.5) is 5.13 Å². The number of thiazole rings is 1. The SMILES string of the molecule is CCCc1nc(NC(=O)C2(O)CCSCC2)sc1CC. The summed E-state index contributed by atoms with van der Waals surface area (Å²) in [6.07, 6.45) is 3.97. The largest absolute Gasteiger partial charge is 0.380 e. The Hall–Kier alpha value is -0.590. The highest BCUT2D eigenvalue weighted by atomic mass is 32.2. The molecule has 1 fully saturated rings. The lowest BCUT2D eigenvalue weighted by Crippen LogP contribution is -2.45. The van der Waals surface area contributed by atoms with Gasteiger partial charge in [0, 0.05) is 4.88 Å². The fourth-order valence-corrected chi connectivity index (χ4v) is 4.41. The van der Waals surface area contributed by atoms with Crippen LogP contribution in [0.2, 0.25) is 0 Å². The molecule has 0 saturated carbocycles. The van der Waals surface area contributed by atoms with Crippen LogP contribution in [0.25, 0.3) is 0 Å². The second kappa shape index (κ2) is 6.91. The number of anilines is 1. The van der Waals surface area contributed by atoms with Crippen molar-refractivity contribution in [3.8, 4) is 0 Å². The molecule has 4 nitrogen and oxygen atoms in total. The number of nitrogens with one attached hydrogen (secondary N) is 1. The van der Waals surface area contributed by atoms with Crippen LogP contribution in [0.3, 0.4) is 0 Å². The molecule has 1 aliphatic rings. The number of aliphatic hydroxyl groups is 1. The van der Waals surface area contributed by atoms with Gasteiger partial charge in [-0.25, -0.2) is 4.98 Å². The maximum Gasteiger partial charge on any atom is 0.258 e. The first-order chi connectivity index (χ1) is 9.59. The first kappa shape index (κ1) is 15.8. The van der Waals surface area contributed by atoms with Crippen molar-refractivity contribution in [2.24, 2.45) is 0 Å². The molecule has 20 heavy (non-hydrogen) atoms. The van der Waals surface area contributed by atoms with Crippen molar-refractivity contribution in [2.75, 3.05) is 16.8 Å². The molecule has 0 radical (unpaired) electrons. The summed E-state index contributed by atoms with van der Waals surface area (Å²) in [7, 11) is 0.